The van der Waals surface area contributed by atoms with Crippen LogP contribution in [0.4, 0.5) is 0 Å². The van der Waals surface area contributed by atoms with Crippen molar-refractivity contribution in [3.8, 4) is 0 Å². The van der Waals surface area contributed by atoms with E-state index in [1.54, 1.807) is 27.1 Å². The minimum Gasteiger partial charge on any atom is -0.207 e. The third-order valence-corrected chi connectivity index (χ3v) is 7.48. The van der Waals surface area contributed by atoms with Crippen LogP contribution in [-0.4, -0.2) is 18.8 Å². The van der Waals surface area contributed by atoms with Crippen molar-refractivity contribution in [3.63, 3.8) is 0 Å². The number of rotatable bonds is 6. The molecule has 20 heavy (non-hydrogen) atoms. The van der Waals surface area contributed by atoms with Crippen molar-refractivity contribution in [2.24, 2.45) is 0 Å². The molecule has 1 aliphatic rings. The predicted molar refractivity (Wildman–Crippen MR) is 83.9 cm³/mol. The monoisotopic (exact) mass is 347 g/mol. The van der Waals surface area contributed by atoms with Crippen molar-refractivity contribution in [2.75, 3.05) is 0 Å². The molecule has 0 saturated heterocycles. The first kappa shape index (κ1) is 14.5. The molecule has 2 heterocycles. The molecule has 0 amide bonds. The molecule has 0 bridgehead atoms. The van der Waals surface area contributed by atoms with Gasteiger partial charge in [-0.2, -0.15) is 4.31 Å². The second kappa shape index (κ2) is 5.77. The number of halogens is 1. The average molecular weight is 348 g/mol. The van der Waals surface area contributed by atoms with E-state index in [-0.39, 0.29) is 6.04 Å². The van der Waals surface area contributed by atoms with Crippen LogP contribution >= 0.6 is 34.3 Å². The summed E-state index contributed by atoms with van der Waals surface area (Å²) in [5.41, 5.74) is 0. The minimum absolute atomic E-state index is 0.154. The van der Waals surface area contributed by atoms with Crippen LogP contribution in [-0.2, 0) is 22.4 Å². The van der Waals surface area contributed by atoms with Gasteiger partial charge in [-0.15, -0.1) is 34.3 Å². The number of hydrogen-bond acceptors (Lipinski definition) is 4. The first-order chi connectivity index (χ1) is 9.61. The quantitative estimate of drug-likeness (QED) is 0.743. The summed E-state index contributed by atoms with van der Waals surface area (Å²) < 4.78 is 27.2. The highest BCUT2D eigenvalue weighted by Crippen LogP contribution is 2.35. The maximum absolute atomic E-state index is 12.8. The molecule has 0 N–H and O–H groups in total. The fourth-order valence-electron chi connectivity index (χ4n) is 2.03. The Hall–Kier alpha value is -0.400. The van der Waals surface area contributed by atoms with E-state index in [4.69, 9.17) is 11.6 Å². The van der Waals surface area contributed by atoms with Gasteiger partial charge in [0.15, 0.2) is 0 Å². The van der Waals surface area contributed by atoms with E-state index in [0.717, 1.165) is 22.6 Å². The van der Waals surface area contributed by atoms with E-state index in [1.165, 1.54) is 11.3 Å². The molecule has 0 spiro atoms. The molecule has 1 saturated carbocycles. The first-order valence-electron chi connectivity index (χ1n) is 6.29. The van der Waals surface area contributed by atoms with Gasteiger partial charge in [0.05, 0.1) is 10.8 Å². The molecule has 0 unspecified atom stereocenters. The van der Waals surface area contributed by atoms with Crippen molar-refractivity contribution in [3.05, 3.63) is 38.7 Å². The Morgan fingerprint density at radius 2 is 2.10 bits per heavy atom. The van der Waals surface area contributed by atoms with E-state index in [1.807, 2.05) is 17.5 Å². The van der Waals surface area contributed by atoms with Crippen LogP contribution in [0.1, 0.15) is 22.6 Å². The molecule has 0 radical (unpaired) electrons. The van der Waals surface area contributed by atoms with Crippen molar-refractivity contribution in [2.45, 2.75) is 36.2 Å². The largest absolute Gasteiger partial charge is 0.244 e. The van der Waals surface area contributed by atoms with E-state index in [2.05, 4.69) is 0 Å². The normalized spacial score (nSPS) is 15.9. The molecule has 3 rings (SSSR count). The Morgan fingerprint density at radius 1 is 1.30 bits per heavy atom. The Bertz CT molecular complexity index is 674. The van der Waals surface area contributed by atoms with Gasteiger partial charge in [-0.25, -0.2) is 8.42 Å². The van der Waals surface area contributed by atoms with Gasteiger partial charge in [-0.1, -0.05) is 6.07 Å². The fraction of sp³-hybridized carbons (Fsp3) is 0.385. The van der Waals surface area contributed by atoms with E-state index < -0.39 is 10.0 Å². The lowest BCUT2D eigenvalue weighted by Crippen LogP contribution is -2.32. The molecule has 0 atom stereocenters. The molecule has 1 fully saturated rings. The van der Waals surface area contributed by atoms with Crippen LogP contribution in [0.5, 0.6) is 0 Å². The standard InChI is InChI=1S/C13H14ClNO2S3/c14-7-12-6-13(9-19-12)20(16,17)15(10-3-4-10)8-11-2-1-5-18-11/h1-2,5-6,9-10H,3-4,7-8H2. The molecule has 7 heteroatoms. The van der Waals surface area contributed by atoms with E-state index in [9.17, 15) is 8.42 Å². The van der Waals surface area contributed by atoms with Crippen LogP contribution in [0, 0.1) is 0 Å². The summed E-state index contributed by atoms with van der Waals surface area (Å²) in [6.07, 6.45) is 1.91. The number of alkyl halides is 1. The van der Waals surface area contributed by atoms with Crippen molar-refractivity contribution >= 4 is 44.3 Å². The lowest BCUT2D eigenvalue weighted by Gasteiger charge is -2.20. The Labute approximate surface area is 131 Å². The third-order valence-electron chi connectivity index (χ3n) is 3.21. The lowest BCUT2D eigenvalue weighted by atomic mass is 10.4. The minimum atomic E-state index is -3.41. The molecule has 108 valence electrons. The Kier molecular flexibility index (Phi) is 4.19. The Balaban J connectivity index is 1.89. The van der Waals surface area contributed by atoms with Crippen molar-refractivity contribution in [1.29, 1.82) is 0 Å². The first-order valence-corrected chi connectivity index (χ1v) is 10.0. The van der Waals surface area contributed by atoms with Crippen LogP contribution in [0.15, 0.2) is 33.9 Å². The Morgan fingerprint density at radius 3 is 2.65 bits per heavy atom. The second-order valence-electron chi connectivity index (χ2n) is 4.74. The van der Waals surface area contributed by atoms with Gasteiger partial charge in [0.1, 0.15) is 0 Å². The number of nitrogens with zero attached hydrogens (tertiary/aromatic N) is 1. The summed E-state index contributed by atoms with van der Waals surface area (Å²) >= 11 is 8.76. The summed E-state index contributed by atoms with van der Waals surface area (Å²) in [5, 5.41) is 3.67. The summed E-state index contributed by atoms with van der Waals surface area (Å²) in [6, 6.07) is 5.78. The molecule has 0 aliphatic heterocycles. The molecular weight excluding hydrogens is 334 g/mol. The van der Waals surface area contributed by atoms with Gasteiger partial charge < -0.3 is 0 Å². The average Bonchev–Trinajstić information content (AvgIpc) is 2.96. The highest BCUT2D eigenvalue weighted by molar-refractivity contribution is 7.89. The van der Waals surface area contributed by atoms with Gasteiger partial charge in [0.25, 0.3) is 0 Å². The summed E-state index contributed by atoms with van der Waals surface area (Å²) in [7, 11) is -3.41. The second-order valence-corrected chi connectivity index (χ2v) is 8.93. The highest BCUT2D eigenvalue weighted by Gasteiger charge is 2.38. The van der Waals surface area contributed by atoms with E-state index >= 15 is 0 Å². The highest BCUT2D eigenvalue weighted by atomic mass is 35.5. The van der Waals surface area contributed by atoms with Crippen LogP contribution in [0.2, 0.25) is 0 Å². The molecule has 1 aliphatic carbocycles. The fourth-order valence-corrected chi connectivity index (χ4v) is 5.85. The summed E-state index contributed by atoms with van der Waals surface area (Å²) in [6.45, 7) is 0.469. The number of thiophene rings is 2. The van der Waals surface area contributed by atoms with Crippen molar-refractivity contribution in [1.82, 2.24) is 4.31 Å². The van der Waals surface area contributed by atoms with E-state index in [0.29, 0.717) is 17.3 Å². The zero-order chi connectivity index (χ0) is 14.2. The topological polar surface area (TPSA) is 37.4 Å². The van der Waals surface area contributed by atoms with Gasteiger partial charge in [-0.05, 0) is 30.4 Å². The van der Waals surface area contributed by atoms with Gasteiger partial charge in [0.2, 0.25) is 10.0 Å². The number of sulfonamides is 1. The van der Waals surface area contributed by atoms with Crippen molar-refractivity contribution < 1.29 is 8.42 Å². The third kappa shape index (κ3) is 2.94. The zero-order valence-electron chi connectivity index (χ0n) is 10.7. The van der Waals surface area contributed by atoms with Crippen LogP contribution < -0.4 is 0 Å². The summed E-state index contributed by atoms with van der Waals surface area (Å²) in [4.78, 5) is 2.34. The van der Waals surface area contributed by atoms with Crippen LogP contribution in [0.25, 0.3) is 0 Å². The lowest BCUT2D eigenvalue weighted by molar-refractivity contribution is 0.401. The molecular formula is C13H14ClNO2S3. The van der Waals surface area contributed by atoms with Gasteiger partial charge >= 0.3 is 0 Å². The molecule has 3 nitrogen and oxygen atoms in total. The molecule has 2 aromatic rings. The van der Waals surface area contributed by atoms with Crippen LogP contribution in [0.3, 0.4) is 0 Å². The maximum Gasteiger partial charge on any atom is 0.244 e. The zero-order valence-corrected chi connectivity index (χ0v) is 13.9. The molecule has 0 aromatic carbocycles. The maximum atomic E-state index is 12.8. The molecule has 2 aromatic heterocycles. The van der Waals surface area contributed by atoms with Gasteiger partial charge in [-0.3, -0.25) is 0 Å². The SMILES string of the molecule is O=S(=O)(c1csc(CCl)c1)N(Cc1cccs1)C1CC1. The van der Waals surface area contributed by atoms with Gasteiger partial charge in [0, 0.05) is 27.7 Å². The predicted octanol–water partition coefficient (Wildman–Crippen LogP) is 3.90. The summed E-state index contributed by atoms with van der Waals surface area (Å²) in [5.74, 6) is 0.356. The smallest absolute Gasteiger partial charge is 0.207 e. The number of hydrogen-bond donors (Lipinski definition) is 0.